The van der Waals surface area contributed by atoms with Gasteiger partial charge in [-0.2, -0.15) is 0 Å². The average molecular weight is 346 g/mol. The Balaban J connectivity index is 1.91. The second kappa shape index (κ2) is 6.88. The monoisotopic (exact) mass is 344 g/mol. The van der Waals surface area contributed by atoms with Crippen LogP contribution in [0.2, 0.25) is 5.02 Å². The van der Waals surface area contributed by atoms with Gasteiger partial charge < -0.3 is 10.4 Å². The summed E-state index contributed by atoms with van der Waals surface area (Å²) in [4.78, 5) is 0. The van der Waals surface area contributed by atoms with E-state index in [-0.39, 0.29) is 6.61 Å². The molecule has 1 aromatic carbocycles. The summed E-state index contributed by atoms with van der Waals surface area (Å²) in [6, 6.07) is 5.68. The summed E-state index contributed by atoms with van der Waals surface area (Å²) >= 11 is 9.36. The molecule has 5 nitrogen and oxygen atoms in total. The summed E-state index contributed by atoms with van der Waals surface area (Å²) < 4.78 is 2.59. The largest absolute Gasteiger partial charge is 0.396 e. The van der Waals surface area contributed by atoms with Crippen molar-refractivity contribution in [3.05, 3.63) is 39.6 Å². The van der Waals surface area contributed by atoms with Crippen LogP contribution in [0.4, 0.5) is 5.69 Å². The van der Waals surface area contributed by atoms with Gasteiger partial charge in [0, 0.05) is 23.3 Å². The molecule has 0 unspecified atom stereocenters. The molecule has 0 spiro atoms. The normalized spacial score (nSPS) is 10.7. The summed E-state index contributed by atoms with van der Waals surface area (Å²) in [7, 11) is 0. The summed E-state index contributed by atoms with van der Waals surface area (Å²) in [5, 5.41) is 20.7. The average Bonchev–Trinajstić information content (AvgIpc) is 2.86. The predicted molar refractivity (Wildman–Crippen MR) is 78.2 cm³/mol. The first-order chi connectivity index (χ1) is 9.19. The zero-order valence-electron chi connectivity index (χ0n) is 10.2. The van der Waals surface area contributed by atoms with Crippen LogP contribution in [-0.2, 0) is 13.1 Å². The minimum Gasteiger partial charge on any atom is -0.396 e. The van der Waals surface area contributed by atoms with Crippen molar-refractivity contribution in [2.24, 2.45) is 0 Å². The van der Waals surface area contributed by atoms with Gasteiger partial charge in [0.2, 0.25) is 0 Å². The third-order valence-electron chi connectivity index (χ3n) is 2.52. The Morgan fingerprint density at radius 3 is 3.00 bits per heavy atom. The second-order valence-electron chi connectivity index (χ2n) is 4.03. The number of hydrogen-bond donors (Lipinski definition) is 2. The van der Waals surface area contributed by atoms with Gasteiger partial charge in [0.05, 0.1) is 17.8 Å². The van der Waals surface area contributed by atoms with Crippen molar-refractivity contribution in [2.45, 2.75) is 19.5 Å². The highest BCUT2D eigenvalue weighted by atomic mass is 79.9. The minimum atomic E-state index is 0.158. The summed E-state index contributed by atoms with van der Waals surface area (Å²) in [5.74, 6) is 0. The van der Waals surface area contributed by atoms with E-state index < -0.39 is 0 Å². The van der Waals surface area contributed by atoms with E-state index >= 15 is 0 Å². The summed E-state index contributed by atoms with van der Waals surface area (Å²) in [6.45, 7) is 1.41. The van der Waals surface area contributed by atoms with Gasteiger partial charge in [-0.05, 0) is 40.5 Å². The van der Waals surface area contributed by atoms with Gasteiger partial charge in [-0.1, -0.05) is 16.8 Å². The SMILES string of the molecule is OCCCn1cc(CNc2ccc(Br)c(Cl)c2)nn1. The lowest BCUT2D eigenvalue weighted by Crippen LogP contribution is -2.01. The number of aliphatic hydroxyl groups is 1. The zero-order valence-corrected chi connectivity index (χ0v) is 12.5. The summed E-state index contributed by atoms with van der Waals surface area (Å²) in [5.41, 5.74) is 1.77. The topological polar surface area (TPSA) is 63.0 Å². The van der Waals surface area contributed by atoms with Crippen LogP contribution >= 0.6 is 27.5 Å². The van der Waals surface area contributed by atoms with Gasteiger partial charge in [-0.15, -0.1) is 5.10 Å². The van der Waals surface area contributed by atoms with E-state index in [1.165, 1.54) is 0 Å². The smallest absolute Gasteiger partial charge is 0.102 e. The molecule has 0 bridgehead atoms. The number of aliphatic hydroxyl groups excluding tert-OH is 1. The molecule has 1 heterocycles. The molecule has 0 aliphatic carbocycles. The van der Waals surface area contributed by atoms with E-state index in [2.05, 4.69) is 31.6 Å². The van der Waals surface area contributed by atoms with Gasteiger partial charge in [-0.25, -0.2) is 0 Å². The fourth-order valence-electron chi connectivity index (χ4n) is 1.56. The van der Waals surface area contributed by atoms with Gasteiger partial charge >= 0.3 is 0 Å². The fourth-order valence-corrected chi connectivity index (χ4v) is 1.99. The number of aromatic nitrogens is 3. The maximum atomic E-state index is 8.74. The first-order valence-electron chi connectivity index (χ1n) is 5.88. The van der Waals surface area contributed by atoms with Crippen LogP contribution in [0.3, 0.4) is 0 Å². The maximum Gasteiger partial charge on any atom is 0.102 e. The molecule has 2 rings (SSSR count). The molecule has 0 aliphatic rings. The van der Waals surface area contributed by atoms with Crippen LogP contribution in [0, 0.1) is 0 Å². The lowest BCUT2D eigenvalue weighted by Gasteiger charge is -2.05. The van der Waals surface area contributed by atoms with Crippen molar-refractivity contribution in [2.75, 3.05) is 11.9 Å². The molecule has 1 aromatic heterocycles. The highest BCUT2D eigenvalue weighted by Gasteiger charge is 2.02. The predicted octanol–water partition coefficient (Wildman–Crippen LogP) is 2.69. The third kappa shape index (κ3) is 4.19. The second-order valence-corrected chi connectivity index (χ2v) is 5.29. The first kappa shape index (κ1) is 14.3. The molecular weight excluding hydrogens is 332 g/mol. The van der Waals surface area contributed by atoms with Crippen molar-refractivity contribution in [1.29, 1.82) is 0 Å². The zero-order chi connectivity index (χ0) is 13.7. The Morgan fingerprint density at radius 2 is 2.26 bits per heavy atom. The van der Waals surface area contributed by atoms with Gasteiger partial charge in [0.1, 0.15) is 5.69 Å². The number of nitrogens with one attached hydrogen (secondary N) is 1. The molecule has 2 N–H and O–H groups in total. The molecule has 0 saturated heterocycles. The number of anilines is 1. The number of halogens is 2. The standard InChI is InChI=1S/C12H14BrClN4O/c13-11-3-2-9(6-12(11)14)15-7-10-8-18(17-16-10)4-1-5-19/h2-3,6,8,15,19H,1,4-5,7H2. The van der Waals surface area contributed by atoms with E-state index in [1.807, 2.05) is 24.4 Å². The molecule has 2 aromatic rings. The summed E-state index contributed by atoms with van der Waals surface area (Å²) in [6.07, 6.45) is 2.54. The van der Waals surface area contributed by atoms with E-state index in [4.69, 9.17) is 16.7 Å². The van der Waals surface area contributed by atoms with Crippen LogP contribution < -0.4 is 5.32 Å². The number of nitrogens with zero attached hydrogens (tertiary/aromatic N) is 3. The van der Waals surface area contributed by atoms with E-state index in [0.29, 0.717) is 24.5 Å². The lowest BCUT2D eigenvalue weighted by atomic mass is 10.3. The number of aryl methyl sites for hydroxylation is 1. The van der Waals surface area contributed by atoms with Gasteiger partial charge in [-0.3, -0.25) is 4.68 Å². The van der Waals surface area contributed by atoms with Gasteiger partial charge in [0.15, 0.2) is 0 Å². The van der Waals surface area contributed by atoms with Crippen LogP contribution in [0.15, 0.2) is 28.9 Å². The fraction of sp³-hybridized carbons (Fsp3) is 0.333. The number of rotatable bonds is 6. The van der Waals surface area contributed by atoms with E-state index in [9.17, 15) is 0 Å². The molecule has 102 valence electrons. The van der Waals surface area contributed by atoms with Crippen molar-refractivity contribution in [3.8, 4) is 0 Å². The molecule has 19 heavy (non-hydrogen) atoms. The van der Waals surface area contributed by atoms with Crippen molar-refractivity contribution >= 4 is 33.2 Å². The van der Waals surface area contributed by atoms with Crippen LogP contribution in [-0.4, -0.2) is 26.7 Å². The highest BCUT2D eigenvalue weighted by Crippen LogP contribution is 2.25. The molecule has 0 fully saturated rings. The lowest BCUT2D eigenvalue weighted by molar-refractivity contribution is 0.276. The molecule has 7 heteroatoms. The third-order valence-corrected chi connectivity index (χ3v) is 3.76. The highest BCUT2D eigenvalue weighted by molar-refractivity contribution is 9.10. The molecule has 0 saturated carbocycles. The van der Waals surface area contributed by atoms with Crippen LogP contribution in [0.1, 0.15) is 12.1 Å². The Morgan fingerprint density at radius 1 is 1.42 bits per heavy atom. The van der Waals surface area contributed by atoms with Crippen LogP contribution in [0.25, 0.3) is 0 Å². The maximum absolute atomic E-state index is 8.74. The molecule has 0 radical (unpaired) electrons. The quantitative estimate of drug-likeness (QED) is 0.845. The molecule has 0 amide bonds. The number of benzene rings is 1. The van der Waals surface area contributed by atoms with E-state index in [1.54, 1.807) is 4.68 Å². The molecule has 0 aliphatic heterocycles. The number of hydrogen-bond acceptors (Lipinski definition) is 4. The Bertz CT molecular complexity index is 546. The van der Waals surface area contributed by atoms with Crippen LogP contribution in [0.5, 0.6) is 0 Å². The van der Waals surface area contributed by atoms with Crippen molar-refractivity contribution < 1.29 is 5.11 Å². The Hall–Kier alpha value is -1.11. The van der Waals surface area contributed by atoms with Crippen molar-refractivity contribution in [3.63, 3.8) is 0 Å². The Kier molecular flexibility index (Phi) is 5.18. The van der Waals surface area contributed by atoms with E-state index in [0.717, 1.165) is 15.9 Å². The minimum absolute atomic E-state index is 0.158. The molecule has 0 atom stereocenters. The Labute approximate surface area is 124 Å². The molecular formula is C12H14BrClN4O. The van der Waals surface area contributed by atoms with Gasteiger partial charge in [0.25, 0.3) is 0 Å². The first-order valence-corrected chi connectivity index (χ1v) is 7.05. The van der Waals surface area contributed by atoms with Crippen molar-refractivity contribution in [1.82, 2.24) is 15.0 Å².